The number of aromatic amines is 1. The number of H-pyrrole nitrogens is 1. The predicted molar refractivity (Wildman–Crippen MR) is 111 cm³/mol. The lowest BCUT2D eigenvalue weighted by Crippen LogP contribution is -2.56. The molecule has 0 unspecified atom stereocenters. The Balaban J connectivity index is 1.59. The summed E-state index contributed by atoms with van der Waals surface area (Å²) in [4.78, 5) is 23.4. The molecule has 4 aromatic heterocycles. The van der Waals surface area contributed by atoms with Crippen LogP contribution in [0.15, 0.2) is 18.5 Å². The summed E-state index contributed by atoms with van der Waals surface area (Å²) in [5, 5.41) is 0.975. The third-order valence-corrected chi connectivity index (χ3v) is 6.03. The van der Waals surface area contributed by atoms with E-state index >= 15 is 0 Å². The van der Waals surface area contributed by atoms with Crippen LogP contribution in [0.3, 0.4) is 0 Å². The fraction of sp³-hybridized carbons (Fsp3) is 0.429. The molecule has 0 saturated carbocycles. The quantitative estimate of drug-likeness (QED) is 0.530. The number of rotatable bonds is 2. The fourth-order valence-electron chi connectivity index (χ4n) is 4.38. The van der Waals surface area contributed by atoms with Gasteiger partial charge in [-0.1, -0.05) is 0 Å². The van der Waals surface area contributed by atoms with Crippen LogP contribution in [0.1, 0.15) is 25.2 Å². The highest BCUT2D eigenvalue weighted by Gasteiger charge is 2.46. The summed E-state index contributed by atoms with van der Waals surface area (Å²) in [5.74, 6) is -1.12. The van der Waals surface area contributed by atoms with Crippen molar-refractivity contribution in [3.8, 4) is 11.4 Å². The SMILES string of the molecule is Cc1c[nH]c2ncc(-c3nc(N4CC(F)(F)C4)c4nc5n(c4n3)CCOC5(C)C)cc12. The van der Waals surface area contributed by atoms with Crippen molar-refractivity contribution in [2.45, 2.75) is 38.8 Å². The lowest BCUT2D eigenvalue weighted by atomic mass is 10.1. The summed E-state index contributed by atoms with van der Waals surface area (Å²) in [7, 11) is 0. The first-order chi connectivity index (χ1) is 14.7. The molecule has 0 aromatic carbocycles. The van der Waals surface area contributed by atoms with Gasteiger partial charge in [0.05, 0.1) is 19.7 Å². The van der Waals surface area contributed by atoms with Crippen molar-refractivity contribution >= 4 is 28.0 Å². The van der Waals surface area contributed by atoms with Gasteiger partial charge in [-0.3, -0.25) is 0 Å². The maximum absolute atomic E-state index is 13.7. The van der Waals surface area contributed by atoms with Crippen molar-refractivity contribution in [3.05, 3.63) is 29.8 Å². The highest BCUT2D eigenvalue weighted by molar-refractivity contribution is 5.88. The van der Waals surface area contributed by atoms with Gasteiger partial charge < -0.3 is 19.2 Å². The maximum atomic E-state index is 13.7. The van der Waals surface area contributed by atoms with Crippen LogP contribution in [0.25, 0.3) is 33.6 Å². The van der Waals surface area contributed by atoms with Crippen molar-refractivity contribution in [1.29, 1.82) is 0 Å². The van der Waals surface area contributed by atoms with Crippen molar-refractivity contribution in [2.24, 2.45) is 0 Å². The first-order valence-electron chi connectivity index (χ1n) is 10.2. The van der Waals surface area contributed by atoms with Gasteiger partial charge >= 0.3 is 0 Å². The van der Waals surface area contributed by atoms with Crippen molar-refractivity contribution in [2.75, 3.05) is 24.6 Å². The lowest BCUT2D eigenvalue weighted by Gasteiger charge is -2.39. The minimum atomic E-state index is -2.72. The summed E-state index contributed by atoms with van der Waals surface area (Å²) < 4.78 is 35.3. The highest BCUT2D eigenvalue weighted by Crippen LogP contribution is 2.38. The second kappa shape index (κ2) is 5.97. The number of pyridine rings is 1. The number of hydrogen-bond donors (Lipinski definition) is 1. The maximum Gasteiger partial charge on any atom is 0.282 e. The summed E-state index contributed by atoms with van der Waals surface area (Å²) >= 11 is 0. The zero-order chi connectivity index (χ0) is 21.5. The van der Waals surface area contributed by atoms with E-state index in [1.807, 2.05) is 37.6 Å². The number of halogens is 2. The number of aromatic nitrogens is 6. The van der Waals surface area contributed by atoms with Crippen LogP contribution < -0.4 is 4.90 Å². The van der Waals surface area contributed by atoms with Crippen LogP contribution in [0.5, 0.6) is 0 Å². The third kappa shape index (κ3) is 2.74. The second-order valence-corrected chi connectivity index (χ2v) is 8.79. The van der Waals surface area contributed by atoms with Crippen LogP contribution >= 0.6 is 0 Å². The number of imidazole rings is 1. The van der Waals surface area contributed by atoms with Crippen LogP contribution in [-0.2, 0) is 16.9 Å². The van der Waals surface area contributed by atoms with Gasteiger partial charge in [0.15, 0.2) is 22.8 Å². The van der Waals surface area contributed by atoms with E-state index in [9.17, 15) is 8.78 Å². The molecule has 2 aliphatic rings. The molecular formula is C21H21F2N7O. The molecule has 0 aliphatic carbocycles. The molecule has 10 heteroatoms. The number of nitrogens with zero attached hydrogens (tertiary/aromatic N) is 6. The van der Waals surface area contributed by atoms with E-state index in [0.717, 1.165) is 28.0 Å². The second-order valence-electron chi connectivity index (χ2n) is 8.79. The number of hydrogen-bond acceptors (Lipinski definition) is 6. The Morgan fingerprint density at radius 2 is 1.97 bits per heavy atom. The Kier molecular flexibility index (Phi) is 3.58. The summed E-state index contributed by atoms with van der Waals surface area (Å²) in [5.41, 5.74) is 3.14. The molecule has 4 aromatic rings. The van der Waals surface area contributed by atoms with Crippen LogP contribution in [-0.4, -0.2) is 55.1 Å². The molecule has 0 spiro atoms. The Bertz CT molecular complexity index is 1350. The summed E-state index contributed by atoms with van der Waals surface area (Å²) in [6.45, 7) is 6.25. The molecule has 1 fully saturated rings. The lowest BCUT2D eigenvalue weighted by molar-refractivity contribution is -0.0530. The first-order valence-corrected chi connectivity index (χ1v) is 10.2. The van der Waals surface area contributed by atoms with Gasteiger partial charge in [0.2, 0.25) is 0 Å². The highest BCUT2D eigenvalue weighted by atomic mass is 19.3. The minimum absolute atomic E-state index is 0.380. The summed E-state index contributed by atoms with van der Waals surface area (Å²) in [6, 6.07) is 1.98. The molecule has 31 heavy (non-hydrogen) atoms. The average Bonchev–Trinajstić information content (AvgIpc) is 3.27. The van der Waals surface area contributed by atoms with Gasteiger partial charge in [0.25, 0.3) is 5.92 Å². The molecular weight excluding hydrogens is 404 g/mol. The Hall–Kier alpha value is -3.14. The zero-order valence-corrected chi connectivity index (χ0v) is 17.4. The number of fused-ring (bicyclic) bond motifs is 4. The van der Waals surface area contributed by atoms with Crippen LogP contribution in [0, 0.1) is 6.92 Å². The van der Waals surface area contributed by atoms with Crippen molar-refractivity contribution in [1.82, 2.24) is 29.5 Å². The third-order valence-electron chi connectivity index (χ3n) is 6.03. The molecule has 8 nitrogen and oxygen atoms in total. The van der Waals surface area contributed by atoms with Gasteiger partial charge in [0, 0.05) is 29.9 Å². The topological polar surface area (TPSA) is 84.8 Å². The minimum Gasteiger partial charge on any atom is -0.366 e. The summed E-state index contributed by atoms with van der Waals surface area (Å²) in [6.07, 6.45) is 3.60. The zero-order valence-electron chi connectivity index (χ0n) is 17.4. The molecule has 0 radical (unpaired) electrons. The Morgan fingerprint density at radius 3 is 2.74 bits per heavy atom. The van der Waals surface area contributed by atoms with Gasteiger partial charge in [-0.2, -0.15) is 0 Å². The number of alkyl halides is 2. The smallest absolute Gasteiger partial charge is 0.282 e. The number of anilines is 1. The van der Waals surface area contributed by atoms with E-state index < -0.39 is 11.5 Å². The van der Waals surface area contributed by atoms with E-state index in [4.69, 9.17) is 14.7 Å². The molecule has 160 valence electrons. The number of nitrogens with one attached hydrogen (secondary N) is 1. The number of ether oxygens (including phenoxy) is 1. The van der Waals surface area contributed by atoms with Gasteiger partial charge in [-0.05, 0) is 32.4 Å². The van der Waals surface area contributed by atoms with Gasteiger partial charge in [0.1, 0.15) is 17.1 Å². The van der Waals surface area contributed by atoms with E-state index in [1.165, 1.54) is 0 Å². The van der Waals surface area contributed by atoms with Crippen LogP contribution in [0.2, 0.25) is 0 Å². The van der Waals surface area contributed by atoms with E-state index in [-0.39, 0.29) is 13.1 Å². The molecule has 6 heterocycles. The van der Waals surface area contributed by atoms with Crippen molar-refractivity contribution < 1.29 is 13.5 Å². The first kappa shape index (κ1) is 18.6. The van der Waals surface area contributed by atoms with Gasteiger partial charge in [-0.15, -0.1) is 0 Å². The van der Waals surface area contributed by atoms with E-state index in [0.29, 0.717) is 36.0 Å². The molecule has 2 aliphatic heterocycles. The molecule has 0 atom stereocenters. The molecule has 6 rings (SSSR count). The predicted octanol–water partition coefficient (Wildman–Crippen LogP) is 3.40. The van der Waals surface area contributed by atoms with E-state index in [2.05, 4.69) is 15.0 Å². The Labute approximate surface area is 176 Å². The Morgan fingerprint density at radius 1 is 1.16 bits per heavy atom. The van der Waals surface area contributed by atoms with Crippen molar-refractivity contribution in [3.63, 3.8) is 0 Å². The molecule has 0 amide bonds. The van der Waals surface area contributed by atoms with Gasteiger partial charge in [-0.25, -0.2) is 28.7 Å². The normalized spacial score (nSPS) is 19.6. The molecule has 1 saturated heterocycles. The standard InChI is InChI=1S/C21H21F2N7O/c1-11-7-24-16-13(11)6-12(8-25-16)15-27-17(29-9-21(22,23)10-29)14-18(28-15)30-4-5-31-20(2,3)19(30)26-14/h6-8H,4-5,9-10H2,1-3H3,(H,24,25). The molecule has 1 N–H and O–H groups in total. The average molecular weight is 425 g/mol. The van der Waals surface area contributed by atoms with Crippen LogP contribution in [0.4, 0.5) is 14.6 Å². The fourth-order valence-corrected chi connectivity index (χ4v) is 4.38. The molecule has 0 bridgehead atoms. The largest absolute Gasteiger partial charge is 0.366 e. The monoisotopic (exact) mass is 425 g/mol. The van der Waals surface area contributed by atoms with E-state index in [1.54, 1.807) is 11.1 Å². The number of aryl methyl sites for hydroxylation is 1.